The SMILES string of the molecule is CCCCC/C=C\C[C@@H](O)/C=C/C=C\C/C=C\CCCC(=O)OC[C@H](COP(=O)(O)OCC[N+](C)(C)C)OC(=O)CCCCCCCCCCCCc1oc(CCCCC)c(C)c1C. The largest absolute Gasteiger partial charge is 0.472 e. The molecule has 0 amide bonds. The summed E-state index contributed by atoms with van der Waals surface area (Å²) in [5.41, 5.74) is 2.68. The summed E-state index contributed by atoms with van der Waals surface area (Å²) in [7, 11) is 1.39. The second kappa shape index (κ2) is 37.3. The van der Waals surface area contributed by atoms with Gasteiger partial charge >= 0.3 is 19.8 Å². The smallest absolute Gasteiger partial charge is 0.466 e. The Morgan fingerprint density at radius 1 is 0.672 bits per heavy atom. The van der Waals surface area contributed by atoms with Crippen molar-refractivity contribution in [3.8, 4) is 0 Å². The molecule has 2 N–H and O–H groups in total. The van der Waals surface area contributed by atoms with E-state index in [9.17, 15) is 24.2 Å². The van der Waals surface area contributed by atoms with E-state index in [1.165, 1.54) is 99.7 Å². The van der Waals surface area contributed by atoms with E-state index in [4.69, 9.17) is 22.9 Å². The van der Waals surface area contributed by atoms with Crippen LogP contribution < -0.4 is 0 Å². The normalized spacial score (nSPS) is 14.3. The van der Waals surface area contributed by atoms with Gasteiger partial charge in [0.2, 0.25) is 0 Å². The van der Waals surface area contributed by atoms with E-state index in [0.717, 1.165) is 44.9 Å². The lowest BCUT2D eigenvalue weighted by atomic mass is 10.0. The predicted octanol–water partition coefficient (Wildman–Crippen LogP) is 12.9. The number of allylic oxidation sites excluding steroid dienone is 6. The number of carbonyl (C=O) groups excluding carboxylic acids is 2. The summed E-state index contributed by atoms with van der Waals surface area (Å²) < 4.78 is 40.6. The van der Waals surface area contributed by atoms with E-state index < -0.39 is 38.6 Å². The van der Waals surface area contributed by atoms with E-state index in [0.29, 0.717) is 36.7 Å². The monoisotopic (exact) mass is 921 g/mol. The summed E-state index contributed by atoms with van der Waals surface area (Å²) >= 11 is 0. The van der Waals surface area contributed by atoms with Crippen LogP contribution in [0.1, 0.15) is 184 Å². The number of hydrogen-bond acceptors (Lipinski definition) is 9. The molecule has 0 fully saturated rings. The van der Waals surface area contributed by atoms with Crippen LogP contribution in [0.3, 0.4) is 0 Å². The van der Waals surface area contributed by atoms with Gasteiger partial charge in [-0.25, -0.2) is 4.57 Å². The number of quaternary nitrogens is 1. The van der Waals surface area contributed by atoms with Crippen molar-refractivity contribution in [3.05, 3.63) is 71.3 Å². The van der Waals surface area contributed by atoms with E-state index in [-0.39, 0.29) is 26.1 Å². The molecule has 1 rings (SSSR count). The van der Waals surface area contributed by atoms with Crippen LogP contribution in [0.15, 0.2) is 53.0 Å². The number of phosphoric acid groups is 1. The standard InChI is InChI=1S/C52H90NO10P/c1-8-10-12-13-24-30-35-47(54)36-31-25-20-18-19-22-27-33-39-51(55)59-43-48(44-61-64(57,58)60-42-41-53(5,6)7)62-52(56)40-34-28-23-17-15-14-16-21-26-32-38-50-46(4)45(3)49(63-50)37-29-11-9-2/h19-20,22,24-25,30-31,36,47-48,54H,8-18,21,23,26-29,32-35,37-44H2,1-7H3/p+1/b22-19-,25-20-,30-24-,36-31+/t47-,48-/m1/s1. The van der Waals surface area contributed by atoms with Crippen molar-refractivity contribution in [2.24, 2.45) is 0 Å². The van der Waals surface area contributed by atoms with Crippen LogP contribution in [0.25, 0.3) is 0 Å². The Labute approximate surface area is 389 Å². The molecule has 0 bridgehead atoms. The van der Waals surface area contributed by atoms with Gasteiger partial charge in [0.25, 0.3) is 0 Å². The van der Waals surface area contributed by atoms with Gasteiger partial charge in [0, 0.05) is 25.7 Å². The minimum atomic E-state index is -4.42. The fraction of sp³-hybridized carbons (Fsp3) is 0.731. The summed E-state index contributed by atoms with van der Waals surface area (Å²) in [5.74, 6) is 1.44. The highest BCUT2D eigenvalue weighted by atomic mass is 31.2. The Bertz CT molecular complexity index is 1520. The molecule has 0 saturated heterocycles. The number of hydrogen-bond donors (Lipinski definition) is 2. The highest BCUT2D eigenvalue weighted by Crippen LogP contribution is 2.43. The number of esters is 2. The molecule has 3 atom stereocenters. The number of aryl methyl sites for hydroxylation is 2. The van der Waals surface area contributed by atoms with Gasteiger partial charge in [0.1, 0.15) is 31.3 Å². The summed E-state index contributed by atoms with van der Waals surface area (Å²) in [6, 6.07) is 0. The van der Waals surface area contributed by atoms with Gasteiger partial charge < -0.3 is 28.4 Å². The topological polar surface area (TPSA) is 142 Å². The first-order valence-electron chi connectivity index (χ1n) is 24.8. The average Bonchev–Trinajstić information content (AvgIpc) is 3.51. The van der Waals surface area contributed by atoms with Crippen molar-refractivity contribution in [2.75, 3.05) is 47.5 Å². The molecule has 12 heteroatoms. The van der Waals surface area contributed by atoms with E-state index in [1.807, 2.05) is 57.6 Å². The molecule has 0 spiro atoms. The first-order chi connectivity index (χ1) is 30.7. The third kappa shape index (κ3) is 33.7. The van der Waals surface area contributed by atoms with Gasteiger partial charge in [-0.2, -0.15) is 0 Å². The number of carbonyl (C=O) groups is 2. The number of aliphatic hydroxyl groups excluding tert-OH is 1. The number of phosphoric ester groups is 1. The maximum Gasteiger partial charge on any atom is 0.472 e. The fourth-order valence-electron chi connectivity index (χ4n) is 6.92. The number of nitrogens with zero attached hydrogens (tertiary/aromatic N) is 1. The van der Waals surface area contributed by atoms with Gasteiger partial charge in [-0.1, -0.05) is 140 Å². The van der Waals surface area contributed by atoms with Crippen LogP contribution in [0.2, 0.25) is 0 Å². The third-order valence-electron chi connectivity index (χ3n) is 11.1. The van der Waals surface area contributed by atoms with Crippen molar-refractivity contribution < 1.29 is 51.6 Å². The zero-order valence-electron chi connectivity index (χ0n) is 41.3. The quantitative estimate of drug-likeness (QED) is 0.0163. The minimum Gasteiger partial charge on any atom is -0.466 e. The second-order valence-electron chi connectivity index (χ2n) is 18.3. The van der Waals surface area contributed by atoms with Crippen molar-refractivity contribution in [2.45, 2.75) is 200 Å². The Hall–Kier alpha value is -2.79. The Balaban J connectivity index is 2.36. The lowest BCUT2D eigenvalue weighted by Crippen LogP contribution is -2.37. The number of rotatable bonds is 41. The number of furan rings is 1. The van der Waals surface area contributed by atoms with Crippen molar-refractivity contribution in [1.82, 2.24) is 0 Å². The third-order valence-corrected chi connectivity index (χ3v) is 12.1. The second-order valence-corrected chi connectivity index (χ2v) is 19.7. The molecule has 0 aliphatic carbocycles. The molecular formula is C52H91NO10P+. The molecule has 1 heterocycles. The average molecular weight is 921 g/mol. The van der Waals surface area contributed by atoms with Crippen LogP contribution in [0.4, 0.5) is 0 Å². The van der Waals surface area contributed by atoms with Crippen molar-refractivity contribution >= 4 is 19.8 Å². The summed E-state index contributed by atoms with van der Waals surface area (Å²) in [4.78, 5) is 35.6. The number of ether oxygens (including phenoxy) is 2. The molecular weight excluding hydrogens is 830 g/mol. The number of unbranched alkanes of at least 4 members (excludes halogenated alkanes) is 15. The Morgan fingerprint density at radius 2 is 1.23 bits per heavy atom. The number of likely N-dealkylation sites (N-methyl/N-ethyl adjacent to an activating group) is 1. The zero-order chi connectivity index (χ0) is 47.3. The molecule has 0 aromatic carbocycles. The molecule has 0 saturated carbocycles. The van der Waals surface area contributed by atoms with Crippen molar-refractivity contribution in [1.29, 1.82) is 0 Å². The Morgan fingerprint density at radius 3 is 1.88 bits per heavy atom. The van der Waals surface area contributed by atoms with Crippen LogP contribution in [-0.4, -0.2) is 86.1 Å². The summed E-state index contributed by atoms with van der Waals surface area (Å²) in [6.45, 7) is 8.58. The first kappa shape index (κ1) is 59.2. The molecule has 11 nitrogen and oxygen atoms in total. The van der Waals surface area contributed by atoms with Crippen molar-refractivity contribution in [3.63, 3.8) is 0 Å². The van der Waals surface area contributed by atoms with Gasteiger partial charge in [-0.15, -0.1) is 0 Å². The van der Waals surface area contributed by atoms with Crippen LogP contribution in [0.5, 0.6) is 0 Å². The van der Waals surface area contributed by atoms with E-state index in [1.54, 1.807) is 6.08 Å². The van der Waals surface area contributed by atoms with Gasteiger partial charge in [0.15, 0.2) is 6.10 Å². The molecule has 1 aromatic heterocycles. The van der Waals surface area contributed by atoms with Crippen LogP contribution in [0, 0.1) is 13.8 Å². The van der Waals surface area contributed by atoms with Gasteiger partial charge in [-0.05, 0) is 82.8 Å². The molecule has 368 valence electrons. The first-order valence-corrected chi connectivity index (χ1v) is 26.3. The van der Waals surface area contributed by atoms with Gasteiger partial charge in [0.05, 0.1) is 33.9 Å². The highest BCUT2D eigenvalue weighted by Gasteiger charge is 2.27. The van der Waals surface area contributed by atoms with Gasteiger partial charge in [-0.3, -0.25) is 18.6 Å². The zero-order valence-corrected chi connectivity index (χ0v) is 42.2. The molecule has 1 unspecified atom stereocenters. The lowest BCUT2D eigenvalue weighted by Gasteiger charge is -2.24. The van der Waals surface area contributed by atoms with E-state index in [2.05, 4.69) is 33.8 Å². The predicted molar refractivity (Wildman–Crippen MR) is 261 cm³/mol. The fourth-order valence-corrected chi connectivity index (χ4v) is 7.66. The summed E-state index contributed by atoms with van der Waals surface area (Å²) in [6.07, 6.45) is 38.7. The maximum absolute atomic E-state index is 12.8. The minimum absolute atomic E-state index is 0.00595. The van der Waals surface area contributed by atoms with E-state index >= 15 is 0 Å². The lowest BCUT2D eigenvalue weighted by molar-refractivity contribution is -0.870. The molecule has 0 radical (unpaired) electrons. The Kier molecular flexibility index (Phi) is 34.5. The molecule has 0 aliphatic rings. The molecule has 1 aromatic rings. The maximum atomic E-state index is 12.8. The summed E-state index contributed by atoms with van der Waals surface area (Å²) in [5, 5.41) is 10.1. The highest BCUT2D eigenvalue weighted by molar-refractivity contribution is 7.47. The van der Waals surface area contributed by atoms with Crippen LogP contribution >= 0.6 is 7.82 Å². The number of aliphatic hydroxyl groups is 1. The molecule has 0 aliphatic heterocycles. The molecule has 64 heavy (non-hydrogen) atoms. The van der Waals surface area contributed by atoms with Crippen LogP contribution in [-0.2, 0) is 45.5 Å².